The molecule has 1 aliphatic rings. The van der Waals surface area contributed by atoms with Crippen LogP contribution in [-0.2, 0) is 9.31 Å². The predicted octanol–water partition coefficient (Wildman–Crippen LogP) is 2.74. The minimum absolute atomic E-state index is 0.160. The Kier molecular flexibility index (Phi) is 3.45. The first-order chi connectivity index (χ1) is 8.71. The lowest BCUT2D eigenvalue weighted by Gasteiger charge is -2.32. The molecule has 5 heteroatoms. The summed E-state index contributed by atoms with van der Waals surface area (Å²) < 4.78 is 11.7. The molecule has 1 fully saturated rings. The molecule has 0 atom stereocenters. The minimum Gasteiger partial charge on any atom is -0.506 e. The van der Waals surface area contributed by atoms with Gasteiger partial charge in [-0.05, 0) is 52.3 Å². The Morgan fingerprint density at radius 2 is 1.79 bits per heavy atom. The zero-order chi connectivity index (χ0) is 14.3. The van der Waals surface area contributed by atoms with Gasteiger partial charge in [-0.1, -0.05) is 5.98 Å². The summed E-state index contributed by atoms with van der Waals surface area (Å²) in [5.74, 6) is 1.93. The molecule has 0 aromatic carbocycles. The lowest BCUT2D eigenvalue weighted by atomic mass is 9.89. The van der Waals surface area contributed by atoms with E-state index in [9.17, 15) is 5.11 Å². The fraction of sp³-hybridized carbons (Fsp3) is 0.500. The highest BCUT2D eigenvalue weighted by Crippen LogP contribution is 2.37. The van der Waals surface area contributed by atoms with Gasteiger partial charge in [0, 0.05) is 6.20 Å². The summed E-state index contributed by atoms with van der Waals surface area (Å²) in [6.07, 6.45) is 3.43. The third-order valence-corrected chi connectivity index (χ3v) is 3.72. The average Bonchev–Trinajstić information content (AvgIpc) is 2.46. The lowest BCUT2D eigenvalue weighted by Crippen LogP contribution is -2.41. The number of hydrogen-bond acceptors (Lipinski definition) is 4. The predicted molar refractivity (Wildman–Crippen MR) is 75.8 cm³/mol. The standard InChI is InChI=1S/C14H20BNO3/c1-10-8-12(17)11(16-9-10)6-7-15-18-13(2,3)14(4,5)19-15/h6-9,17H,1-5H3/b7-6+. The Labute approximate surface area is 114 Å². The van der Waals surface area contributed by atoms with E-state index in [2.05, 4.69) is 4.98 Å². The highest BCUT2D eigenvalue weighted by atomic mass is 16.7. The van der Waals surface area contributed by atoms with E-state index in [0.717, 1.165) is 5.56 Å². The molecule has 0 spiro atoms. The summed E-state index contributed by atoms with van der Waals surface area (Å²) in [6.45, 7) is 9.89. The van der Waals surface area contributed by atoms with Crippen molar-refractivity contribution in [2.45, 2.75) is 45.8 Å². The fourth-order valence-electron chi connectivity index (χ4n) is 1.83. The molecule has 1 aliphatic heterocycles. The molecule has 1 saturated heterocycles. The van der Waals surface area contributed by atoms with E-state index in [4.69, 9.17) is 9.31 Å². The normalized spacial score (nSPS) is 21.2. The second kappa shape index (κ2) is 4.65. The lowest BCUT2D eigenvalue weighted by molar-refractivity contribution is 0.00578. The van der Waals surface area contributed by atoms with Crippen LogP contribution in [0.15, 0.2) is 18.2 Å². The van der Waals surface area contributed by atoms with Gasteiger partial charge in [-0.2, -0.15) is 0 Å². The largest absolute Gasteiger partial charge is 0.506 e. The van der Waals surface area contributed by atoms with E-state index < -0.39 is 7.12 Å². The van der Waals surface area contributed by atoms with E-state index >= 15 is 0 Å². The highest BCUT2D eigenvalue weighted by molar-refractivity contribution is 6.52. The van der Waals surface area contributed by atoms with Crippen molar-refractivity contribution in [1.29, 1.82) is 0 Å². The molecule has 0 radical (unpaired) electrons. The summed E-state index contributed by atoms with van der Waals surface area (Å²) in [4.78, 5) is 4.16. The quantitative estimate of drug-likeness (QED) is 0.831. The van der Waals surface area contributed by atoms with Crippen LogP contribution in [0.25, 0.3) is 6.08 Å². The van der Waals surface area contributed by atoms with Gasteiger partial charge in [-0.25, -0.2) is 0 Å². The van der Waals surface area contributed by atoms with Crippen molar-refractivity contribution < 1.29 is 14.4 Å². The van der Waals surface area contributed by atoms with E-state index in [0.29, 0.717) is 5.69 Å². The second-order valence-electron chi connectivity index (χ2n) is 5.90. The fourth-order valence-corrected chi connectivity index (χ4v) is 1.83. The second-order valence-corrected chi connectivity index (χ2v) is 5.90. The van der Waals surface area contributed by atoms with Gasteiger partial charge in [0.15, 0.2) is 0 Å². The topological polar surface area (TPSA) is 51.6 Å². The molecule has 0 unspecified atom stereocenters. The van der Waals surface area contributed by atoms with Gasteiger partial charge in [0.1, 0.15) is 11.4 Å². The summed E-state index contributed by atoms with van der Waals surface area (Å²) in [5, 5.41) is 9.78. The summed E-state index contributed by atoms with van der Waals surface area (Å²) in [5.41, 5.74) is 0.723. The Hall–Kier alpha value is -1.33. The monoisotopic (exact) mass is 261 g/mol. The molecular formula is C14H20BNO3. The number of aryl methyl sites for hydroxylation is 1. The van der Waals surface area contributed by atoms with Gasteiger partial charge >= 0.3 is 7.12 Å². The first-order valence-corrected chi connectivity index (χ1v) is 6.41. The number of rotatable bonds is 2. The van der Waals surface area contributed by atoms with Crippen molar-refractivity contribution in [2.75, 3.05) is 0 Å². The van der Waals surface area contributed by atoms with E-state index in [1.807, 2.05) is 34.6 Å². The number of nitrogens with zero attached hydrogens (tertiary/aromatic N) is 1. The molecule has 1 aromatic rings. The van der Waals surface area contributed by atoms with E-state index in [-0.39, 0.29) is 17.0 Å². The van der Waals surface area contributed by atoms with Crippen molar-refractivity contribution in [3.63, 3.8) is 0 Å². The Morgan fingerprint density at radius 3 is 2.32 bits per heavy atom. The Balaban J connectivity index is 2.13. The van der Waals surface area contributed by atoms with Crippen LogP contribution < -0.4 is 0 Å². The first kappa shape index (κ1) is 14.1. The number of hydrogen-bond donors (Lipinski definition) is 1. The molecule has 0 aliphatic carbocycles. The van der Waals surface area contributed by atoms with E-state index in [1.165, 1.54) is 0 Å². The van der Waals surface area contributed by atoms with Crippen LogP contribution in [0.4, 0.5) is 0 Å². The van der Waals surface area contributed by atoms with Crippen LogP contribution in [0.1, 0.15) is 39.0 Å². The summed E-state index contributed by atoms with van der Waals surface area (Å²) >= 11 is 0. The number of aromatic hydroxyl groups is 1. The Morgan fingerprint density at radius 1 is 1.21 bits per heavy atom. The number of pyridine rings is 1. The van der Waals surface area contributed by atoms with Gasteiger partial charge in [0.2, 0.25) is 0 Å². The SMILES string of the molecule is Cc1cnc(/C=C/B2OC(C)(C)C(C)(C)O2)c(O)c1. The summed E-state index contributed by atoms with van der Waals surface area (Å²) in [6, 6.07) is 1.68. The zero-order valence-corrected chi connectivity index (χ0v) is 12.1. The first-order valence-electron chi connectivity index (χ1n) is 6.41. The van der Waals surface area contributed by atoms with Gasteiger partial charge in [-0.15, -0.1) is 0 Å². The average molecular weight is 261 g/mol. The Bertz CT molecular complexity index is 495. The van der Waals surface area contributed by atoms with Crippen molar-refractivity contribution in [2.24, 2.45) is 0 Å². The van der Waals surface area contributed by atoms with Crippen LogP contribution in [-0.4, -0.2) is 28.4 Å². The molecule has 19 heavy (non-hydrogen) atoms. The van der Waals surface area contributed by atoms with Crippen LogP contribution in [0.2, 0.25) is 0 Å². The van der Waals surface area contributed by atoms with Crippen LogP contribution in [0, 0.1) is 6.92 Å². The molecule has 1 N–H and O–H groups in total. The molecule has 1 aromatic heterocycles. The van der Waals surface area contributed by atoms with Crippen LogP contribution in [0.5, 0.6) is 5.75 Å². The van der Waals surface area contributed by atoms with Crippen molar-refractivity contribution in [3.05, 3.63) is 29.5 Å². The van der Waals surface area contributed by atoms with Gasteiger partial charge in [-0.3, -0.25) is 4.98 Å². The third-order valence-electron chi connectivity index (χ3n) is 3.72. The molecule has 2 rings (SSSR count). The van der Waals surface area contributed by atoms with Crippen molar-refractivity contribution in [3.8, 4) is 5.75 Å². The molecular weight excluding hydrogens is 241 g/mol. The molecule has 4 nitrogen and oxygen atoms in total. The molecule has 2 heterocycles. The minimum atomic E-state index is -0.424. The van der Waals surface area contributed by atoms with Crippen molar-refractivity contribution in [1.82, 2.24) is 4.98 Å². The maximum absolute atomic E-state index is 9.78. The highest BCUT2D eigenvalue weighted by Gasteiger charge is 2.50. The van der Waals surface area contributed by atoms with Gasteiger partial charge < -0.3 is 14.4 Å². The maximum Gasteiger partial charge on any atom is 0.487 e. The molecule has 0 bridgehead atoms. The molecule has 0 saturated carbocycles. The maximum atomic E-state index is 9.78. The smallest absolute Gasteiger partial charge is 0.487 e. The molecule has 0 amide bonds. The van der Waals surface area contributed by atoms with Crippen LogP contribution in [0.3, 0.4) is 0 Å². The number of aromatic nitrogens is 1. The molecule has 102 valence electrons. The zero-order valence-electron chi connectivity index (χ0n) is 12.1. The van der Waals surface area contributed by atoms with Crippen molar-refractivity contribution >= 4 is 13.2 Å². The van der Waals surface area contributed by atoms with Gasteiger partial charge in [0.25, 0.3) is 0 Å². The third kappa shape index (κ3) is 2.82. The van der Waals surface area contributed by atoms with E-state index in [1.54, 1.807) is 24.3 Å². The van der Waals surface area contributed by atoms with Gasteiger partial charge in [0.05, 0.1) is 11.2 Å². The summed E-state index contributed by atoms with van der Waals surface area (Å²) in [7, 11) is -0.424. The van der Waals surface area contributed by atoms with Crippen LogP contribution >= 0.6 is 0 Å².